The number of aliphatic hydroxyl groups is 1. The van der Waals surface area contributed by atoms with E-state index in [0.717, 1.165) is 39.1 Å². The molecule has 0 bridgehead atoms. The SMILES string of the molecule is CC1(CN2CCC(C(C)(C)C)C(O)C2)CCNC1.Cl. The Morgan fingerprint density at radius 3 is 2.53 bits per heavy atom. The van der Waals surface area contributed by atoms with Crippen molar-refractivity contribution in [2.45, 2.75) is 46.6 Å². The van der Waals surface area contributed by atoms with Gasteiger partial charge in [-0.2, -0.15) is 0 Å². The lowest BCUT2D eigenvalue weighted by Crippen LogP contribution is -2.50. The average molecular weight is 291 g/mol. The van der Waals surface area contributed by atoms with Crippen LogP contribution in [0.2, 0.25) is 0 Å². The fourth-order valence-electron chi connectivity index (χ4n) is 3.69. The summed E-state index contributed by atoms with van der Waals surface area (Å²) in [6, 6.07) is 0. The zero-order chi connectivity index (χ0) is 13.4. The number of likely N-dealkylation sites (tertiary alicyclic amines) is 1. The van der Waals surface area contributed by atoms with Gasteiger partial charge in [-0.1, -0.05) is 27.7 Å². The van der Waals surface area contributed by atoms with Gasteiger partial charge in [-0.15, -0.1) is 12.4 Å². The van der Waals surface area contributed by atoms with Gasteiger partial charge in [0.1, 0.15) is 0 Å². The van der Waals surface area contributed by atoms with Crippen molar-refractivity contribution in [1.29, 1.82) is 0 Å². The van der Waals surface area contributed by atoms with Crippen LogP contribution in [0.1, 0.15) is 40.5 Å². The van der Waals surface area contributed by atoms with E-state index in [-0.39, 0.29) is 23.9 Å². The molecular weight excluding hydrogens is 260 g/mol. The molecule has 0 aromatic rings. The summed E-state index contributed by atoms with van der Waals surface area (Å²) in [4.78, 5) is 2.47. The van der Waals surface area contributed by atoms with Gasteiger partial charge >= 0.3 is 0 Å². The number of piperidine rings is 1. The second-order valence-corrected chi connectivity index (χ2v) is 7.80. The van der Waals surface area contributed by atoms with Crippen molar-refractivity contribution in [2.24, 2.45) is 16.7 Å². The lowest BCUT2D eigenvalue weighted by molar-refractivity contribution is -0.0327. The maximum atomic E-state index is 10.4. The van der Waals surface area contributed by atoms with Crippen molar-refractivity contribution in [2.75, 3.05) is 32.7 Å². The Balaban J connectivity index is 0.00000180. The first kappa shape index (κ1) is 17.2. The Labute approximate surface area is 124 Å². The van der Waals surface area contributed by atoms with E-state index in [1.807, 2.05) is 0 Å². The van der Waals surface area contributed by atoms with Crippen molar-refractivity contribution in [3.63, 3.8) is 0 Å². The zero-order valence-corrected chi connectivity index (χ0v) is 13.7. The fraction of sp³-hybridized carbons (Fsp3) is 1.00. The molecule has 0 radical (unpaired) electrons. The minimum atomic E-state index is -0.156. The topological polar surface area (TPSA) is 35.5 Å². The van der Waals surface area contributed by atoms with Crippen LogP contribution < -0.4 is 5.32 Å². The molecule has 19 heavy (non-hydrogen) atoms. The second kappa shape index (κ2) is 6.30. The summed E-state index contributed by atoms with van der Waals surface area (Å²) in [5.41, 5.74) is 0.638. The maximum Gasteiger partial charge on any atom is 0.0700 e. The molecule has 3 unspecified atom stereocenters. The number of hydrogen-bond acceptors (Lipinski definition) is 3. The lowest BCUT2D eigenvalue weighted by atomic mass is 9.73. The molecule has 0 spiro atoms. The zero-order valence-electron chi connectivity index (χ0n) is 12.9. The third-order valence-electron chi connectivity index (χ3n) is 4.84. The molecular formula is C15H31ClN2O. The average Bonchev–Trinajstić information content (AvgIpc) is 2.62. The van der Waals surface area contributed by atoms with Crippen LogP contribution in [-0.2, 0) is 0 Å². The Kier molecular flexibility index (Phi) is 5.71. The molecule has 2 rings (SSSR count). The molecule has 2 fully saturated rings. The Morgan fingerprint density at radius 2 is 2.05 bits per heavy atom. The predicted molar refractivity (Wildman–Crippen MR) is 82.9 cm³/mol. The quantitative estimate of drug-likeness (QED) is 0.818. The van der Waals surface area contributed by atoms with Gasteiger partial charge in [0.05, 0.1) is 6.10 Å². The molecule has 2 N–H and O–H groups in total. The van der Waals surface area contributed by atoms with E-state index < -0.39 is 0 Å². The molecule has 2 heterocycles. The van der Waals surface area contributed by atoms with Crippen LogP contribution in [0.15, 0.2) is 0 Å². The molecule has 0 amide bonds. The molecule has 0 aromatic carbocycles. The lowest BCUT2D eigenvalue weighted by Gasteiger charge is -2.44. The van der Waals surface area contributed by atoms with Gasteiger partial charge in [0, 0.05) is 19.6 Å². The maximum absolute atomic E-state index is 10.4. The van der Waals surface area contributed by atoms with Crippen LogP contribution >= 0.6 is 12.4 Å². The molecule has 2 aliphatic rings. The third kappa shape index (κ3) is 4.32. The Morgan fingerprint density at radius 1 is 1.37 bits per heavy atom. The number of rotatable bonds is 2. The van der Waals surface area contributed by atoms with E-state index in [4.69, 9.17) is 0 Å². The fourth-order valence-corrected chi connectivity index (χ4v) is 3.69. The summed E-state index contributed by atoms with van der Waals surface area (Å²) < 4.78 is 0. The normalized spacial score (nSPS) is 37.1. The molecule has 2 saturated heterocycles. The molecule has 3 atom stereocenters. The van der Waals surface area contributed by atoms with Crippen molar-refractivity contribution in [3.05, 3.63) is 0 Å². The first-order valence-electron chi connectivity index (χ1n) is 7.41. The van der Waals surface area contributed by atoms with Crippen LogP contribution in [-0.4, -0.2) is 48.8 Å². The summed E-state index contributed by atoms with van der Waals surface area (Å²) in [6.07, 6.45) is 2.24. The van der Waals surface area contributed by atoms with Crippen LogP contribution in [0.3, 0.4) is 0 Å². The van der Waals surface area contributed by atoms with Crippen molar-refractivity contribution in [1.82, 2.24) is 10.2 Å². The number of aliphatic hydroxyl groups excluding tert-OH is 1. The highest BCUT2D eigenvalue weighted by atomic mass is 35.5. The van der Waals surface area contributed by atoms with Gasteiger partial charge in [-0.25, -0.2) is 0 Å². The molecule has 4 heteroatoms. The predicted octanol–water partition coefficient (Wildman–Crippen LogP) is 2.14. The minimum Gasteiger partial charge on any atom is -0.391 e. The Bertz CT molecular complexity index is 284. The van der Waals surface area contributed by atoms with Crippen molar-refractivity contribution in [3.8, 4) is 0 Å². The van der Waals surface area contributed by atoms with E-state index in [9.17, 15) is 5.11 Å². The molecule has 3 nitrogen and oxygen atoms in total. The number of nitrogens with zero attached hydrogens (tertiary/aromatic N) is 1. The molecule has 0 aromatic heterocycles. The standard InChI is InChI=1S/C15H30N2O.ClH/c1-14(2,3)12-5-8-17(9-13(12)18)11-15(4)6-7-16-10-15;/h12-13,16,18H,5-11H2,1-4H3;1H. The van der Waals surface area contributed by atoms with E-state index >= 15 is 0 Å². The summed E-state index contributed by atoms with van der Waals surface area (Å²) in [5, 5.41) is 13.8. The summed E-state index contributed by atoms with van der Waals surface area (Å²) >= 11 is 0. The number of halogens is 1. The number of β-amino-alcohol motifs (C(OH)–C–C–N with tert-alkyl or cyclic N) is 1. The summed E-state index contributed by atoms with van der Waals surface area (Å²) in [5.74, 6) is 0.447. The summed E-state index contributed by atoms with van der Waals surface area (Å²) in [7, 11) is 0. The highest BCUT2D eigenvalue weighted by Gasteiger charge is 2.38. The highest BCUT2D eigenvalue weighted by Crippen LogP contribution is 2.36. The van der Waals surface area contributed by atoms with E-state index in [2.05, 4.69) is 37.9 Å². The highest BCUT2D eigenvalue weighted by molar-refractivity contribution is 5.85. The first-order valence-corrected chi connectivity index (χ1v) is 7.41. The van der Waals surface area contributed by atoms with E-state index in [1.54, 1.807) is 0 Å². The van der Waals surface area contributed by atoms with Gasteiger partial charge in [0.25, 0.3) is 0 Å². The second-order valence-electron chi connectivity index (χ2n) is 7.80. The van der Waals surface area contributed by atoms with Crippen LogP contribution in [0.4, 0.5) is 0 Å². The smallest absolute Gasteiger partial charge is 0.0700 e. The van der Waals surface area contributed by atoms with Gasteiger partial charge in [0.2, 0.25) is 0 Å². The molecule has 0 saturated carbocycles. The first-order chi connectivity index (χ1) is 8.30. The number of nitrogens with one attached hydrogen (secondary N) is 1. The molecule has 114 valence electrons. The van der Waals surface area contributed by atoms with E-state index in [0.29, 0.717) is 11.3 Å². The largest absolute Gasteiger partial charge is 0.391 e. The van der Waals surface area contributed by atoms with Crippen molar-refractivity contribution >= 4 is 12.4 Å². The molecule has 2 aliphatic heterocycles. The van der Waals surface area contributed by atoms with Crippen LogP contribution in [0.25, 0.3) is 0 Å². The molecule has 0 aliphatic carbocycles. The monoisotopic (exact) mass is 290 g/mol. The Hall–Kier alpha value is 0.170. The van der Waals surface area contributed by atoms with Crippen LogP contribution in [0, 0.1) is 16.7 Å². The minimum absolute atomic E-state index is 0. The van der Waals surface area contributed by atoms with Gasteiger partial charge in [0.15, 0.2) is 0 Å². The number of hydrogen-bond donors (Lipinski definition) is 2. The van der Waals surface area contributed by atoms with Gasteiger partial charge in [-0.3, -0.25) is 0 Å². The van der Waals surface area contributed by atoms with Crippen LogP contribution in [0.5, 0.6) is 0 Å². The summed E-state index contributed by atoms with van der Waals surface area (Å²) in [6.45, 7) is 14.5. The third-order valence-corrected chi connectivity index (χ3v) is 4.84. The van der Waals surface area contributed by atoms with E-state index in [1.165, 1.54) is 6.42 Å². The van der Waals surface area contributed by atoms with Crippen molar-refractivity contribution < 1.29 is 5.11 Å². The van der Waals surface area contributed by atoms with Gasteiger partial charge in [-0.05, 0) is 42.7 Å². The van der Waals surface area contributed by atoms with Gasteiger partial charge < -0.3 is 15.3 Å².